The predicted molar refractivity (Wildman–Crippen MR) is 84.1 cm³/mol. The number of nitrogens with two attached hydrogens (primary N) is 2. The zero-order valence-electron chi connectivity index (χ0n) is 12.9. The van der Waals surface area contributed by atoms with Crippen molar-refractivity contribution in [1.82, 2.24) is 0 Å². The summed E-state index contributed by atoms with van der Waals surface area (Å²) in [7, 11) is 0. The molecule has 0 aromatic heterocycles. The van der Waals surface area contributed by atoms with E-state index < -0.39 is 11.6 Å². The third-order valence-corrected chi connectivity index (χ3v) is 3.65. The summed E-state index contributed by atoms with van der Waals surface area (Å²) in [6.07, 6.45) is 4.50. The maximum Gasteiger partial charge on any atom is 0.135 e. The highest BCUT2D eigenvalue weighted by Crippen LogP contribution is 2.23. The minimum atomic E-state index is -0.671. The van der Waals surface area contributed by atoms with Crippen molar-refractivity contribution in [2.75, 3.05) is 0 Å². The van der Waals surface area contributed by atoms with E-state index in [0.717, 1.165) is 30.5 Å². The third-order valence-electron chi connectivity index (χ3n) is 3.65. The molecule has 0 saturated carbocycles. The van der Waals surface area contributed by atoms with Crippen LogP contribution in [0.1, 0.15) is 45.6 Å². The Morgan fingerprint density at radius 1 is 1.19 bits per heavy atom. The molecule has 0 bridgehead atoms. The molecule has 4 heteroatoms. The minimum absolute atomic E-state index is 0.0531. The Labute approximate surface area is 125 Å². The van der Waals surface area contributed by atoms with Gasteiger partial charge in [0.2, 0.25) is 0 Å². The normalized spacial score (nSPS) is 14.8. The summed E-state index contributed by atoms with van der Waals surface area (Å²) in [6.45, 7) is 5.99. The maximum absolute atomic E-state index is 13.7. The molecule has 0 fully saturated rings. The Balaban J connectivity index is 3.16. The molecular formula is C17H24F2N2. The smallest absolute Gasteiger partial charge is 0.135 e. The summed E-state index contributed by atoms with van der Waals surface area (Å²) >= 11 is 0. The number of hydrogen-bond acceptors (Lipinski definition) is 2. The molecule has 0 heterocycles. The van der Waals surface area contributed by atoms with Crippen molar-refractivity contribution >= 4 is 5.70 Å². The zero-order chi connectivity index (χ0) is 16.0. The largest absolute Gasteiger partial charge is 0.402 e. The van der Waals surface area contributed by atoms with E-state index in [4.69, 9.17) is 11.5 Å². The van der Waals surface area contributed by atoms with Gasteiger partial charge in [0.25, 0.3) is 0 Å². The van der Waals surface area contributed by atoms with Crippen molar-refractivity contribution in [3.05, 3.63) is 52.7 Å². The highest BCUT2D eigenvalue weighted by molar-refractivity contribution is 5.66. The summed E-state index contributed by atoms with van der Waals surface area (Å²) in [5.74, 6) is -1.07. The highest BCUT2D eigenvalue weighted by atomic mass is 19.1. The molecule has 1 rings (SSSR count). The summed E-state index contributed by atoms with van der Waals surface area (Å²) < 4.78 is 27.4. The number of halogens is 2. The number of benzene rings is 1. The Bertz CT molecular complexity index is 527. The molecule has 0 aliphatic heterocycles. The van der Waals surface area contributed by atoms with E-state index >= 15 is 0 Å². The second-order valence-corrected chi connectivity index (χ2v) is 5.23. The van der Waals surface area contributed by atoms with Gasteiger partial charge in [-0.3, -0.25) is 0 Å². The van der Waals surface area contributed by atoms with Gasteiger partial charge in [-0.2, -0.15) is 0 Å². The molecule has 4 N–H and O–H groups in total. The second kappa shape index (κ2) is 7.81. The SMILES string of the molecule is CCCC(CC)/C(N)=C(C)/C=C(\N)c1c(F)cccc1F. The molecule has 0 saturated heterocycles. The highest BCUT2D eigenvalue weighted by Gasteiger charge is 2.13. The van der Waals surface area contributed by atoms with Gasteiger partial charge in [-0.1, -0.05) is 26.3 Å². The molecule has 21 heavy (non-hydrogen) atoms. The summed E-state index contributed by atoms with van der Waals surface area (Å²) in [4.78, 5) is 0. The van der Waals surface area contributed by atoms with Gasteiger partial charge in [0.1, 0.15) is 11.6 Å². The van der Waals surface area contributed by atoms with Crippen LogP contribution < -0.4 is 11.5 Å². The molecule has 2 nitrogen and oxygen atoms in total. The van der Waals surface area contributed by atoms with Crippen LogP contribution in [-0.4, -0.2) is 0 Å². The Morgan fingerprint density at radius 2 is 1.76 bits per heavy atom. The van der Waals surface area contributed by atoms with Crippen LogP contribution in [0.25, 0.3) is 5.70 Å². The van der Waals surface area contributed by atoms with Crippen LogP contribution in [0.3, 0.4) is 0 Å². The van der Waals surface area contributed by atoms with Crippen LogP contribution in [0.15, 0.2) is 35.5 Å². The average Bonchev–Trinajstić information content (AvgIpc) is 2.43. The number of allylic oxidation sites excluding steroid dienone is 3. The van der Waals surface area contributed by atoms with Gasteiger partial charge in [0.15, 0.2) is 0 Å². The van der Waals surface area contributed by atoms with Gasteiger partial charge < -0.3 is 11.5 Å². The van der Waals surface area contributed by atoms with Gasteiger partial charge in [0, 0.05) is 11.4 Å². The zero-order valence-corrected chi connectivity index (χ0v) is 12.9. The fourth-order valence-electron chi connectivity index (χ4n) is 2.41. The van der Waals surface area contributed by atoms with Crippen molar-refractivity contribution in [2.24, 2.45) is 17.4 Å². The van der Waals surface area contributed by atoms with Gasteiger partial charge in [-0.15, -0.1) is 0 Å². The Morgan fingerprint density at radius 3 is 2.24 bits per heavy atom. The van der Waals surface area contributed by atoms with Crippen molar-refractivity contribution in [2.45, 2.75) is 40.0 Å². The van der Waals surface area contributed by atoms with Gasteiger partial charge >= 0.3 is 0 Å². The van der Waals surface area contributed by atoms with E-state index in [-0.39, 0.29) is 17.2 Å². The lowest BCUT2D eigenvalue weighted by atomic mass is 9.93. The Kier molecular flexibility index (Phi) is 6.40. The van der Waals surface area contributed by atoms with Crippen LogP contribution in [-0.2, 0) is 0 Å². The van der Waals surface area contributed by atoms with Crippen LogP contribution in [0.5, 0.6) is 0 Å². The minimum Gasteiger partial charge on any atom is -0.402 e. The van der Waals surface area contributed by atoms with Gasteiger partial charge in [-0.25, -0.2) is 8.78 Å². The summed E-state index contributed by atoms with van der Waals surface area (Å²) in [5.41, 5.74) is 13.3. The van der Waals surface area contributed by atoms with Crippen molar-refractivity contribution in [3.63, 3.8) is 0 Å². The maximum atomic E-state index is 13.7. The van der Waals surface area contributed by atoms with E-state index in [9.17, 15) is 8.78 Å². The monoisotopic (exact) mass is 294 g/mol. The number of rotatable bonds is 6. The van der Waals surface area contributed by atoms with Crippen LogP contribution in [0.4, 0.5) is 8.78 Å². The molecule has 1 atom stereocenters. The molecule has 0 radical (unpaired) electrons. The summed E-state index contributed by atoms with van der Waals surface area (Å²) in [5, 5.41) is 0. The molecule has 116 valence electrons. The molecule has 0 aliphatic rings. The van der Waals surface area contributed by atoms with E-state index in [0.29, 0.717) is 0 Å². The fourth-order valence-corrected chi connectivity index (χ4v) is 2.41. The van der Waals surface area contributed by atoms with Crippen LogP contribution in [0.2, 0.25) is 0 Å². The Hall–Kier alpha value is -1.84. The first kappa shape index (κ1) is 17.2. The third kappa shape index (κ3) is 4.31. The first-order valence-corrected chi connectivity index (χ1v) is 7.30. The lowest BCUT2D eigenvalue weighted by Crippen LogP contribution is -2.13. The van der Waals surface area contributed by atoms with Crippen LogP contribution in [0, 0.1) is 17.6 Å². The first-order chi connectivity index (χ1) is 9.92. The van der Waals surface area contributed by atoms with E-state index in [1.165, 1.54) is 18.2 Å². The standard InChI is InChI=1S/C17H24F2N2/c1-4-7-12(5-2)17(21)11(3)10-15(20)16-13(18)8-6-9-14(16)19/h6,8-10,12H,4-5,7,20-21H2,1-3H3/b15-10-,17-11-. The predicted octanol–water partition coefficient (Wildman–Crippen LogP) is 4.32. The van der Waals surface area contributed by atoms with Crippen LogP contribution >= 0.6 is 0 Å². The molecule has 1 unspecified atom stereocenters. The lowest BCUT2D eigenvalue weighted by Gasteiger charge is -2.16. The molecule has 0 spiro atoms. The fraction of sp³-hybridized carbons (Fsp3) is 0.412. The molecule has 1 aromatic rings. The topological polar surface area (TPSA) is 52.0 Å². The first-order valence-electron chi connectivity index (χ1n) is 7.30. The molecule has 0 amide bonds. The van der Waals surface area contributed by atoms with Gasteiger partial charge in [0.05, 0.1) is 5.56 Å². The van der Waals surface area contributed by atoms with Gasteiger partial charge in [-0.05, 0) is 49.5 Å². The number of hydrogen-bond donors (Lipinski definition) is 2. The second-order valence-electron chi connectivity index (χ2n) is 5.23. The molecule has 1 aromatic carbocycles. The van der Waals surface area contributed by atoms with Crippen molar-refractivity contribution in [1.29, 1.82) is 0 Å². The quantitative estimate of drug-likeness (QED) is 0.767. The van der Waals surface area contributed by atoms with Crippen molar-refractivity contribution < 1.29 is 8.78 Å². The summed E-state index contributed by atoms with van der Waals surface area (Å²) in [6, 6.07) is 3.69. The van der Waals surface area contributed by atoms with Crippen molar-refractivity contribution in [3.8, 4) is 0 Å². The molecule has 0 aliphatic carbocycles. The molecular weight excluding hydrogens is 270 g/mol. The van der Waals surface area contributed by atoms with E-state index in [2.05, 4.69) is 13.8 Å². The van der Waals surface area contributed by atoms with E-state index in [1.54, 1.807) is 6.08 Å². The lowest BCUT2D eigenvalue weighted by molar-refractivity contribution is 0.526. The average molecular weight is 294 g/mol. The van der Waals surface area contributed by atoms with E-state index in [1.807, 2.05) is 6.92 Å².